The fourth-order valence-electron chi connectivity index (χ4n) is 4.75. The van der Waals surface area contributed by atoms with Gasteiger partial charge in [-0.2, -0.15) is 0 Å². The summed E-state index contributed by atoms with van der Waals surface area (Å²) in [5.41, 5.74) is 5.31. The summed E-state index contributed by atoms with van der Waals surface area (Å²) in [5, 5.41) is 6.01. The zero-order chi connectivity index (χ0) is 25.8. The number of nitrogens with one attached hydrogen (secondary N) is 2. The molecule has 1 aliphatic heterocycles. The largest absolute Gasteiger partial charge is 0.352 e. The molecule has 1 aliphatic rings. The number of carbonyl (C=O) groups excluding carboxylic acids is 1. The second-order valence-electron chi connectivity index (χ2n) is 9.57. The van der Waals surface area contributed by atoms with Gasteiger partial charge in [-0.1, -0.05) is 48.9 Å². The molecular formula is C29H32N6O2. The summed E-state index contributed by atoms with van der Waals surface area (Å²) >= 11 is 0. The fourth-order valence-corrected chi connectivity index (χ4v) is 4.75. The maximum absolute atomic E-state index is 13.6. The van der Waals surface area contributed by atoms with Gasteiger partial charge in [0.2, 0.25) is 0 Å². The van der Waals surface area contributed by atoms with Gasteiger partial charge in [0.1, 0.15) is 5.52 Å². The van der Waals surface area contributed by atoms with Crippen LogP contribution in [-0.4, -0.2) is 39.7 Å². The Balaban J connectivity index is 1.29. The molecule has 2 amide bonds. The van der Waals surface area contributed by atoms with Crippen molar-refractivity contribution in [1.82, 2.24) is 19.9 Å². The van der Waals surface area contributed by atoms with Crippen LogP contribution >= 0.6 is 0 Å². The van der Waals surface area contributed by atoms with Crippen LogP contribution in [0.15, 0.2) is 71.7 Å². The molecule has 0 unspecified atom stereocenters. The number of aryl methyl sites for hydroxylation is 2. The number of anilines is 2. The number of fused-ring (bicyclic) bond motifs is 1. The number of benzene rings is 2. The highest BCUT2D eigenvalue weighted by Gasteiger charge is 2.25. The lowest BCUT2D eigenvalue weighted by Gasteiger charge is -2.33. The van der Waals surface area contributed by atoms with Gasteiger partial charge < -0.3 is 15.5 Å². The predicted octanol–water partition coefficient (Wildman–Crippen LogP) is 4.50. The molecular weight excluding hydrogens is 464 g/mol. The van der Waals surface area contributed by atoms with Gasteiger partial charge in [-0.15, -0.1) is 0 Å². The van der Waals surface area contributed by atoms with E-state index >= 15 is 0 Å². The number of urea groups is 1. The Morgan fingerprint density at radius 1 is 1.03 bits per heavy atom. The molecule has 0 atom stereocenters. The van der Waals surface area contributed by atoms with Crippen molar-refractivity contribution >= 4 is 28.7 Å². The minimum Gasteiger partial charge on any atom is -0.352 e. The van der Waals surface area contributed by atoms with Crippen molar-refractivity contribution in [3.8, 4) is 0 Å². The summed E-state index contributed by atoms with van der Waals surface area (Å²) in [6, 6.07) is 19.6. The molecule has 0 saturated carbocycles. The number of hydrogen-bond donors (Lipinski definition) is 2. The van der Waals surface area contributed by atoms with Crippen molar-refractivity contribution in [3.63, 3.8) is 0 Å². The smallest absolute Gasteiger partial charge is 0.319 e. The number of amides is 2. The number of pyridine rings is 1. The van der Waals surface area contributed by atoms with E-state index in [1.807, 2.05) is 72.5 Å². The molecule has 2 N–H and O–H groups in total. The van der Waals surface area contributed by atoms with Gasteiger partial charge in [0, 0.05) is 31.0 Å². The van der Waals surface area contributed by atoms with E-state index in [0.29, 0.717) is 36.6 Å². The zero-order valence-corrected chi connectivity index (χ0v) is 21.3. The Hall–Kier alpha value is -4.20. The summed E-state index contributed by atoms with van der Waals surface area (Å²) in [5.74, 6) is 0.437. The zero-order valence-electron chi connectivity index (χ0n) is 21.3. The SMILES string of the molecule is CCc1cccc(NC(=O)NC2CCN(c3nc4cccnc4n(Cc4ccc(C)cc4)c3=O)CC2)c1. The third-order valence-electron chi connectivity index (χ3n) is 6.87. The van der Waals surface area contributed by atoms with Crippen molar-refractivity contribution < 1.29 is 4.79 Å². The van der Waals surface area contributed by atoms with Gasteiger partial charge in [-0.3, -0.25) is 9.36 Å². The molecule has 0 radical (unpaired) electrons. The molecule has 1 saturated heterocycles. The molecule has 0 spiro atoms. The summed E-state index contributed by atoms with van der Waals surface area (Å²) in [6.45, 7) is 5.83. The van der Waals surface area contributed by atoms with Gasteiger partial charge in [0.05, 0.1) is 6.54 Å². The average Bonchev–Trinajstić information content (AvgIpc) is 2.92. The van der Waals surface area contributed by atoms with Crippen LogP contribution in [0.25, 0.3) is 11.2 Å². The fraction of sp³-hybridized carbons (Fsp3) is 0.310. The van der Waals surface area contributed by atoms with Gasteiger partial charge >= 0.3 is 6.03 Å². The van der Waals surface area contributed by atoms with E-state index in [1.54, 1.807) is 10.8 Å². The molecule has 190 valence electrons. The van der Waals surface area contributed by atoms with Gasteiger partial charge in [0.15, 0.2) is 11.5 Å². The van der Waals surface area contributed by atoms with Crippen molar-refractivity contribution in [2.45, 2.75) is 45.7 Å². The van der Waals surface area contributed by atoms with Crippen molar-refractivity contribution in [2.75, 3.05) is 23.3 Å². The minimum absolute atomic E-state index is 0.0301. The highest BCUT2D eigenvalue weighted by molar-refractivity contribution is 5.89. The number of piperidine rings is 1. The normalized spacial score (nSPS) is 14.1. The maximum Gasteiger partial charge on any atom is 0.319 e. The number of rotatable bonds is 6. The molecule has 2 aromatic heterocycles. The molecule has 37 heavy (non-hydrogen) atoms. The molecule has 0 aliphatic carbocycles. The van der Waals surface area contributed by atoms with Crippen LogP contribution in [0.1, 0.15) is 36.5 Å². The van der Waals surface area contributed by atoms with Crippen molar-refractivity contribution in [2.24, 2.45) is 0 Å². The van der Waals surface area contributed by atoms with Crippen LogP contribution in [0.2, 0.25) is 0 Å². The van der Waals surface area contributed by atoms with Crippen LogP contribution in [0.4, 0.5) is 16.3 Å². The van der Waals surface area contributed by atoms with E-state index in [2.05, 4.69) is 22.5 Å². The third kappa shape index (κ3) is 5.63. The molecule has 8 nitrogen and oxygen atoms in total. The first-order chi connectivity index (χ1) is 18.0. The molecule has 0 bridgehead atoms. The van der Waals surface area contributed by atoms with Crippen molar-refractivity contribution in [1.29, 1.82) is 0 Å². The molecule has 4 aromatic rings. The first kappa shape index (κ1) is 24.5. The van der Waals surface area contributed by atoms with E-state index in [4.69, 9.17) is 4.98 Å². The molecule has 1 fully saturated rings. The summed E-state index contributed by atoms with van der Waals surface area (Å²) in [4.78, 5) is 37.4. The number of carbonyl (C=O) groups is 1. The average molecular weight is 497 g/mol. The summed E-state index contributed by atoms with van der Waals surface area (Å²) in [6.07, 6.45) is 4.07. The second kappa shape index (κ2) is 10.8. The number of aromatic nitrogens is 3. The lowest BCUT2D eigenvalue weighted by Crippen LogP contribution is -2.47. The van der Waals surface area contributed by atoms with E-state index in [-0.39, 0.29) is 17.6 Å². The van der Waals surface area contributed by atoms with Crippen molar-refractivity contribution in [3.05, 3.63) is 93.9 Å². The standard InChI is InChI=1S/C29H32N6O2/c1-3-21-6-4-7-24(18-21)32-29(37)31-23-13-16-34(17-14-23)27-28(36)35(19-22-11-9-20(2)10-12-22)26-25(33-27)8-5-15-30-26/h4-12,15,18,23H,3,13-14,16-17,19H2,1-2H3,(H2,31,32,37). The lowest BCUT2D eigenvalue weighted by atomic mass is 10.1. The van der Waals surface area contributed by atoms with E-state index in [9.17, 15) is 9.59 Å². The molecule has 3 heterocycles. The summed E-state index contributed by atoms with van der Waals surface area (Å²) < 4.78 is 1.71. The second-order valence-corrected chi connectivity index (χ2v) is 9.57. The molecule has 2 aromatic carbocycles. The minimum atomic E-state index is -0.206. The van der Waals surface area contributed by atoms with E-state index < -0.39 is 0 Å². The van der Waals surface area contributed by atoms with E-state index in [1.165, 1.54) is 11.1 Å². The Bertz CT molecular complexity index is 1460. The number of nitrogens with zero attached hydrogens (tertiary/aromatic N) is 4. The van der Waals surface area contributed by atoms with Crippen LogP contribution in [0, 0.1) is 6.92 Å². The van der Waals surface area contributed by atoms with Crippen LogP contribution in [0.5, 0.6) is 0 Å². The third-order valence-corrected chi connectivity index (χ3v) is 6.87. The maximum atomic E-state index is 13.6. The van der Waals surface area contributed by atoms with Gasteiger partial charge in [-0.25, -0.2) is 14.8 Å². The molecule has 5 rings (SSSR count). The highest BCUT2D eigenvalue weighted by Crippen LogP contribution is 2.19. The molecule has 8 heteroatoms. The van der Waals surface area contributed by atoms with Crippen LogP contribution in [-0.2, 0) is 13.0 Å². The lowest BCUT2D eigenvalue weighted by molar-refractivity contribution is 0.246. The highest BCUT2D eigenvalue weighted by atomic mass is 16.2. The Morgan fingerprint density at radius 3 is 2.57 bits per heavy atom. The number of hydrogen-bond acceptors (Lipinski definition) is 5. The summed E-state index contributed by atoms with van der Waals surface area (Å²) in [7, 11) is 0. The van der Waals surface area contributed by atoms with Crippen LogP contribution in [0.3, 0.4) is 0 Å². The van der Waals surface area contributed by atoms with Gasteiger partial charge in [0.25, 0.3) is 5.56 Å². The Labute approximate surface area is 216 Å². The monoisotopic (exact) mass is 496 g/mol. The van der Waals surface area contributed by atoms with E-state index in [0.717, 1.165) is 30.5 Å². The first-order valence-corrected chi connectivity index (χ1v) is 12.8. The van der Waals surface area contributed by atoms with Crippen LogP contribution < -0.4 is 21.1 Å². The van der Waals surface area contributed by atoms with Gasteiger partial charge in [-0.05, 0) is 61.6 Å². The Kier molecular flexibility index (Phi) is 7.16. The predicted molar refractivity (Wildman–Crippen MR) is 147 cm³/mol. The quantitative estimate of drug-likeness (QED) is 0.410. The topological polar surface area (TPSA) is 92.2 Å². The first-order valence-electron chi connectivity index (χ1n) is 12.8. The Morgan fingerprint density at radius 2 is 1.81 bits per heavy atom.